The Hall–Kier alpha value is -3.36. The minimum absolute atomic E-state index is 0.273. The molecule has 3 fully saturated rings. The third kappa shape index (κ3) is 10.4. The van der Waals surface area contributed by atoms with E-state index >= 15 is 0 Å². The monoisotopic (exact) mass is 702 g/mol. The van der Waals surface area contributed by atoms with Crippen molar-refractivity contribution in [1.82, 2.24) is 9.80 Å². The first-order valence-corrected chi connectivity index (χ1v) is 19.8. The molecule has 276 valence electrons. The van der Waals surface area contributed by atoms with Gasteiger partial charge in [0.05, 0.1) is 51.8 Å². The first kappa shape index (κ1) is 37.0. The number of nitrogens with zero attached hydrogens (tertiary/aromatic N) is 2. The Balaban J connectivity index is 0.826. The van der Waals surface area contributed by atoms with Crippen LogP contribution < -0.4 is 0 Å². The van der Waals surface area contributed by atoms with E-state index in [1.54, 1.807) is 0 Å². The molecule has 0 N–H and O–H groups in total. The van der Waals surface area contributed by atoms with Crippen molar-refractivity contribution in [2.45, 2.75) is 61.6 Å². The molecule has 0 spiro atoms. The number of hydrogen-bond donors (Lipinski definition) is 0. The van der Waals surface area contributed by atoms with Gasteiger partial charge in [-0.25, -0.2) is 0 Å². The van der Waals surface area contributed by atoms with Crippen molar-refractivity contribution in [3.05, 3.63) is 144 Å². The van der Waals surface area contributed by atoms with Gasteiger partial charge in [-0.15, -0.1) is 0 Å². The Morgan fingerprint density at radius 2 is 0.673 bits per heavy atom. The van der Waals surface area contributed by atoms with Crippen LogP contribution in [0.2, 0.25) is 0 Å². The smallest absolute Gasteiger partial charge is 0.0597 e. The second-order valence-electron chi connectivity index (χ2n) is 14.9. The zero-order valence-electron chi connectivity index (χ0n) is 30.9. The molecule has 1 saturated heterocycles. The predicted octanol–water partition coefficient (Wildman–Crippen LogP) is 8.13. The third-order valence-corrected chi connectivity index (χ3v) is 11.7. The van der Waals surface area contributed by atoms with Gasteiger partial charge in [-0.1, -0.05) is 121 Å². The number of rotatable bonds is 12. The van der Waals surface area contributed by atoms with Gasteiger partial charge in [-0.2, -0.15) is 0 Å². The van der Waals surface area contributed by atoms with Crippen LogP contribution in [0.25, 0.3) is 0 Å². The fraction of sp³-hybridized carbons (Fsp3) is 0.478. The fourth-order valence-electron chi connectivity index (χ4n) is 8.88. The Labute approximate surface area is 312 Å². The molecule has 4 aromatic rings. The van der Waals surface area contributed by atoms with Crippen LogP contribution in [-0.4, -0.2) is 101 Å². The summed E-state index contributed by atoms with van der Waals surface area (Å²) in [5.41, 5.74) is 5.70. The van der Waals surface area contributed by atoms with Gasteiger partial charge in [0, 0.05) is 39.3 Å². The van der Waals surface area contributed by atoms with Crippen LogP contribution in [0.4, 0.5) is 0 Å². The van der Waals surface area contributed by atoms with Crippen molar-refractivity contribution in [3.8, 4) is 0 Å². The van der Waals surface area contributed by atoms with Gasteiger partial charge in [0.1, 0.15) is 0 Å². The van der Waals surface area contributed by atoms with E-state index in [1.807, 2.05) is 0 Å². The first-order chi connectivity index (χ1) is 25.8. The molecule has 0 bridgehead atoms. The molecule has 0 aromatic heterocycles. The van der Waals surface area contributed by atoms with Crippen molar-refractivity contribution in [1.29, 1.82) is 0 Å². The van der Waals surface area contributed by atoms with E-state index in [0.717, 1.165) is 105 Å². The standard InChI is InChI=1S/C46H58N2O4/c1-5-13-37(14-6-1)43-33-41(34-44(43)38-15-7-2-8-16-38)51-31-25-47-21-27-49-29-23-48(24-30-50-28-22-47)26-32-52-42-35-45(39-17-9-3-10-18-39)46(36-42)40-19-11-4-12-20-40/h1-20,41-46H,21-36H2. The summed E-state index contributed by atoms with van der Waals surface area (Å²) in [5.74, 6) is 1.96. The maximum absolute atomic E-state index is 6.59. The van der Waals surface area contributed by atoms with Crippen molar-refractivity contribution in [2.75, 3.05) is 78.9 Å². The minimum atomic E-state index is 0.273. The van der Waals surface area contributed by atoms with E-state index in [0.29, 0.717) is 23.7 Å². The average molecular weight is 703 g/mol. The van der Waals surface area contributed by atoms with Gasteiger partial charge in [-0.3, -0.25) is 9.80 Å². The van der Waals surface area contributed by atoms with Crippen molar-refractivity contribution < 1.29 is 18.9 Å². The molecular formula is C46H58N2O4. The summed E-state index contributed by atoms with van der Waals surface area (Å²) in [6.45, 7) is 9.76. The van der Waals surface area contributed by atoms with Crippen LogP contribution in [0.1, 0.15) is 71.6 Å². The normalized spacial score (nSPS) is 26.8. The number of hydrogen-bond acceptors (Lipinski definition) is 6. The summed E-state index contributed by atoms with van der Waals surface area (Å²) < 4.78 is 25.5. The molecule has 2 saturated carbocycles. The lowest BCUT2D eigenvalue weighted by Crippen LogP contribution is -2.38. The molecule has 7 rings (SSSR count). The Kier molecular flexibility index (Phi) is 14.0. The Morgan fingerprint density at radius 1 is 0.404 bits per heavy atom. The van der Waals surface area contributed by atoms with Gasteiger partial charge in [-0.05, 0) is 71.6 Å². The zero-order chi connectivity index (χ0) is 35.2. The molecule has 3 aliphatic rings. The van der Waals surface area contributed by atoms with Crippen molar-refractivity contribution in [3.63, 3.8) is 0 Å². The summed E-state index contributed by atoms with van der Waals surface area (Å²) in [7, 11) is 0. The average Bonchev–Trinajstić information content (AvgIpc) is 3.83. The molecule has 0 amide bonds. The molecule has 6 heteroatoms. The molecule has 4 atom stereocenters. The second kappa shape index (κ2) is 19.6. The topological polar surface area (TPSA) is 43.4 Å². The highest BCUT2D eigenvalue weighted by Crippen LogP contribution is 2.48. The van der Waals surface area contributed by atoms with E-state index < -0.39 is 0 Å². The predicted molar refractivity (Wildman–Crippen MR) is 209 cm³/mol. The Morgan fingerprint density at radius 3 is 0.942 bits per heavy atom. The highest BCUT2D eigenvalue weighted by atomic mass is 16.5. The van der Waals surface area contributed by atoms with E-state index in [4.69, 9.17) is 18.9 Å². The van der Waals surface area contributed by atoms with Gasteiger partial charge in [0.15, 0.2) is 0 Å². The summed E-state index contributed by atoms with van der Waals surface area (Å²) in [6, 6.07) is 44.0. The first-order valence-electron chi connectivity index (χ1n) is 19.8. The molecule has 4 unspecified atom stereocenters. The zero-order valence-corrected chi connectivity index (χ0v) is 30.9. The van der Waals surface area contributed by atoms with Gasteiger partial charge < -0.3 is 18.9 Å². The maximum atomic E-state index is 6.59. The molecule has 0 radical (unpaired) electrons. The minimum Gasteiger partial charge on any atom is -0.379 e. The largest absolute Gasteiger partial charge is 0.379 e. The highest BCUT2D eigenvalue weighted by molar-refractivity contribution is 5.32. The van der Waals surface area contributed by atoms with E-state index in [-0.39, 0.29) is 12.2 Å². The molecule has 4 aromatic carbocycles. The van der Waals surface area contributed by atoms with Crippen molar-refractivity contribution in [2.24, 2.45) is 0 Å². The number of ether oxygens (including phenoxy) is 4. The van der Waals surface area contributed by atoms with Crippen LogP contribution in [0.15, 0.2) is 121 Å². The van der Waals surface area contributed by atoms with Crippen LogP contribution in [0.3, 0.4) is 0 Å². The third-order valence-electron chi connectivity index (χ3n) is 11.7. The van der Waals surface area contributed by atoms with Gasteiger partial charge >= 0.3 is 0 Å². The highest BCUT2D eigenvalue weighted by Gasteiger charge is 2.37. The molecule has 1 aliphatic heterocycles. The molecule has 1 heterocycles. The van der Waals surface area contributed by atoms with Gasteiger partial charge in [0.2, 0.25) is 0 Å². The van der Waals surface area contributed by atoms with E-state index in [9.17, 15) is 0 Å². The van der Waals surface area contributed by atoms with E-state index in [1.165, 1.54) is 22.3 Å². The van der Waals surface area contributed by atoms with Crippen molar-refractivity contribution >= 4 is 0 Å². The van der Waals surface area contributed by atoms with Crippen LogP contribution in [-0.2, 0) is 18.9 Å². The SMILES string of the molecule is c1ccc(C2CC(OCCN3CCOCCN(CCOC4CC(c5ccccc5)C(c5ccccc5)C4)CCOCC3)CC2c2ccccc2)cc1. The summed E-state index contributed by atoms with van der Waals surface area (Å²) >= 11 is 0. The molecular weight excluding hydrogens is 645 g/mol. The summed E-state index contributed by atoms with van der Waals surface area (Å²) in [5, 5.41) is 0. The lowest BCUT2D eigenvalue weighted by atomic mass is 9.84. The molecule has 52 heavy (non-hydrogen) atoms. The van der Waals surface area contributed by atoms with Crippen LogP contribution >= 0.6 is 0 Å². The van der Waals surface area contributed by atoms with E-state index in [2.05, 4.69) is 131 Å². The summed E-state index contributed by atoms with van der Waals surface area (Å²) in [4.78, 5) is 4.89. The molecule has 2 aliphatic carbocycles. The molecule has 6 nitrogen and oxygen atoms in total. The van der Waals surface area contributed by atoms with Gasteiger partial charge in [0.25, 0.3) is 0 Å². The number of benzene rings is 4. The summed E-state index contributed by atoms with van der Waals surface area (Å²) in [6.07, 6.45) is 4.82. The lowest BCUT2D eigenvalue weighted by Gasteiger charge is -2.26. The van der Waals surface area contributed by atoms with Crippen LogP contribution in [0.5, 0.6) is 0 Å². The Bertz CT molecular complexity index is 1330. The lowest BCUT2D eigenvalue weighted by molar-refractivity contribution is 0.00309. The van der Waals surface area contributed by atoms with Crippen LogP contribution in [0, 0.1) is 0 Å². The quantitative estimate of drug-likeness (QED) is 0.149. The maximum Gasteiger partial charge on any atom is 0.0597 e. The second-order valence-corrected chi connectivity index (χ2v) is 14.9. The fourth-order valence-corrected chi connectivity index (χ4v) is 8.88.